The maximum absolute atomic E-state index is 12.4. The number of nitrogens with zero attached hydrogens (tertiary/aromatic N) is 1. The topological polar surface area (TPSA) is 78.9 Å². The molecule has 0 aliphatic carbocycles. The van der Waals surface area contributed by atoms with Crippen molar-refractivity contribution in [3.05, 3.63) is 29.8 Å². The molecule has 0 saturated carbocycles. The highest BCUT2D eigenvalue weighted by molar-refractivity contribution is 5.77. The molecule has 23 heavy (non-hydrogen) atoms. The second-order valence-electron chi connectivity index (χ2n) is 5.90. The fourth-order valence-corrected chi connectivity index (χ4v) is 2.92. The summed E-state index contributed by atoms with van der Waals surface area (Å²) in [6.45, 7) is 2.35. The number of carbonyl (C=O) groups excluding carboxylic acids is 2. The van der Waals surface area contributed by atoms with E-state index in [1.54, 1.807) is 12.0 Å². The molecular formula is C17H24N2O4. The van der Waals surface area contributed by atoms with Gasteiger partial charge < -0.3 is 20.1 Å². The Morgan fingerprint density at radius 1 is 1.39 bits per heavy atom. The number of rotatable bonds is 6. The SMILES string of the molecule is COc1cccc(CCC(=O)N2C[C@@H](CO)[C@H](NC(C)=O)C2)c1. The van der Waals surface area contributed by atoms with Crippen LogP contribution in [0.3, 0.4) is 0 Å². The van der Waals surface area contributed by atoms with Crippen LogP contribution in [0.25, 0.3) is 0 Å². The van der Waals surface area contributed by atoms with Crippen LogP contribution >= 0.6 is 0 Å². The first-order valence-electron chi connectivity index (χ1n) is 7.82. The van der Waals surface area contributed by atoms with E-state index < -0.39 is 0 Å². The van der Waals surface area contributed by atoms with Gasteiger partial charge in [-0.2, -0.15) is 0 Å². The number of aliphatic hydroxyl groups excluding tert-OH is 1. The van der Waals surface area contributed by atoms with Crippen LogP contribution in [-0.2, 0) is 16.0 Å². The van der Waals surface area contributed by atoms with Crippen molar-refractivity contribution in [1.82, 2.24) is 10.2 Å². The summed E-state index contributed by atoms with van der Waals surface area (Å²) < 4.78 is 5.18. The van der Waals surface area contributed by atoms with Crippen molar-refractivity contribution >= 4 is 11.8 Å². The Morgan fingerprint density at radius 3 is 2.83 bits per heavy atom. The van der Waals surface area contributed by atoms with Gasteiger partial charge in [0.2, 0.25) is 11.8 Å². The average Bonchev–Trinajstić information content (AvgIpc) is 2.95. The molecule has 1 heterocycles. The molecule has 0 radical (unpaired) electrons. The molecule has 1 saturated heterocycles. The summed E-state index contributed by atoms with van der Waals surface area (Å²) in [6, 6.07) is 7.50. The number of methoxy groups -OCH3 is 1. The summed E-state index contributed by atoms with van der Waals surface area (Å²) in [4.78, 5) is 25.3. The van der Waals surface area contributed by atoms with Gasteiger partial charge >= 0.3 is 0 Å². The van der Waals surface area contributed by atoms with Gasteiger partial charge in [-0.15, -0.1) is 0 Å². The van der Waals surface area contributed by atoms with E-state index in [-0.39, 0.29) is 30.4 Å². The van der Waals surface area contributed by atoms with E-state index in [1.165, 1.54) is 6.92 Å². The molecule has 1 aromatic rings. The molecular weight excluding hydrogens is 296 g/mol. The molecule has 1 fully saturated rings. The summed E-state index contributed by atoms with van der Waals surface area (Å²) in [6.07, 6.45) is 1.04. The number of likely N-dealkylation sites (tertiary alicyclic amines) is 1. The lowest BCUT2D eigenvalue weighted by molar-refractivity contribution is -0.130. The van der Waals surface area contributed by atoms with Crippen LogP contribution in [0.15, 0.2) is 24.3 Å². The van der Waals surface area contributed by atoms with Gasteiger partial charge in [0.25, 0.3) is 0 Å². The minimum Gasteiger partial charge on any atom is -0.497 e. The summed E-state index contributed by atoms with van der Waals surface area (Å²) >= 11 is 0. The van der Waals surface area contributed by atoms with E-state index in [1.807, 2.05) is 24.3 Å². The van der Waals surface area contributed by atoms with Crippen molar-refractivity contribution in [3.8, 4) is 5.75 Å². The lowest BCUT2D eigenvalue weighted by Gasteiger charge is -2.17. The Bertz CT molecular complexity index is 561. The van der Waals surface area contributed by atoms with Crippen molar-refractivity contribution in [2.45, 2.75) is 25.8 Å². The fraction of sp³-hybridized carbons (Fsp3) is 0.529. The zero-order valence-electron chi connectivity index (χ0n) is 13.6. The van der Waals surface area contributed by atoms with Crippen LogP contribution in [0.1, 0.15) is 18.9 Å². The Labute approximate surface area is 136 Å². The van der Waals surface area contributed by atoms with Gasteiger partial charge in [-0.25, -0.2) is 0 Å². The summed E-state index contributed by atoms with van der Waals surface area (Å²) in [5.41, 5.74) is 1.05. The molecule has 2 atom stereocenters. The van der Waals surface area contributed by atoms with Crippen molar-refractivity contribution in [3.63, 3.8) is 0 Å². The molecule has 1 aliphatic heterocycles. The molecule has 2 N–H and O–H groups in total. The number of benzene rings is 1. The standard InChI is InChI=1S/C17H24N2O4/c1-12(21)18-16-10-19(9-14(16)11-20)17(22)7-6-13-4-3-5-15(8-13)23-2/h3-5,8,14,16,20H,6-7,9-11H2,1-2H3,(H,18,21)/t14-,16+/m0/s1. The predicted octanol–water partition coefficient (Wildman–Crippen LogP) is 0.583. The molecule has 2 amide bonds. The maximum atomic E-state index is 12.4. The number of aliphatic hydroxyl groups is 1. The van der Waals surface area contributed by atoms with Crippen LogP contribution in [-0.4, -0.2) is 54.7 Å². The first kappa shape index (κ1) is 17.3. The lowest BCUT2D eigenvalue weighted by atomic mass is 10.1. The summed E-state index contributed by atoms with van der Waals surface area (Å²) in [5.74, 6) is 0.583. The zero-order valence-corrected chi connectivity index (χ0v) is 13.6. The molecule has 0 unspecified atom stereocenters. The van der Waals surface area contributed by atoms with Crippen LogP contribution < -0.4 is 10.1 Å². The largest absolute Gasteiger partial charge is 0.497 e. The highest BCUT2D eigenvalue weighted by atomic mass is 16.5. The van der Waals surface area contributed by atoms with Crippen LogP contribution in [0.2, 0.25) is 0 Å². The minimum absolute atomic E-state index is 0.0371. The first-order chi connectivity index (χ1) is 11.0. The monoisotopic (exact) mass is 320 g/mol. The molecule has 126 valence electrons. The Kier molecular flexibility index (Phi) is 5.98. The van der Waals surface area contributed by atoms with E-state index in [2.05, 4.69) is 5.32 Å². The molecule has 6 heteroatoms. The van der Waals surface area contributed by atoms with Gasteiger partial charge in [-0.3, -0.25) is 9.59 Å². The van der Waals surface area contributed by atoms with Crippen LogP contribution in [0.5, 0.6) is 5.75 Å². The molecule has 1 aliphatic rings. The van der Waals surface area contributed by atoms with Crippen LogP contribution in [0, 0.1) is 5.92 Å². The van der Waals surface area contributed by atoms with Gasteiger partial charge in [-0.1, -0.05) is 12.1 Å². The molecule has 1 aromatic carbocycles. The Balaban J connectivity index is 1.89. The predicted molar refractivity (Wildman–Crippen MR) is 86.1 cm³/mol. The maximum Gasteiger partial charge on any atom is 0.222 e. The van der Waals surface area contributed by atoms with Crippen molar-refractivity contribution in [2.24, 2.45) is 5.92 Å². The van der Waals surface area contributed by atoms with Gasteiger partial charge in [-0.05, 0) is 24.1 Å². The highest BCUT2D eigenvalue weighted by Crippen LogP contribution is 2.19. The van der Waals surface area contributed by atoms with Crippen molar-refractivity contribution in [1.29, 1.82) is 0 Å². The quantitative estimate of drug-likeness (QED) is 0.804. The van der Waals surface area contributed by atoms with Gasteiger partial charge in [0.15, 0.2) is 0 Å². The second kappa shape index (κ2) is 7.97. The summed E-state index contributed by atoms with van der Waals surface area (Å²) in [7, 11) is 1.62. The summed E-state index contributed by atoms with van der Waals surface area (Å²) in [5, 5.41) is 12.2. The number of carbonyl (C=O) groups is 2. The number of hydrogen-bond donors (Lipinski definition) is 2. The fourth-order valence-electron chi connectivity index (χ4n) is 2.92. The Hall–Kier alpha value is -2.08. The van der Waals surface area contributed by atoms with Gasteiger partial charge in [0.05, 0.1) is 13.2 Å². The number of nitrogens with one attached hydrogen (secondary N) is 1. The second-order valence-corrected chi connectivity index (χ2v) is 5.90. The van der Waals surface area contributed by atoms with Gasteiger partial charge in [0.1, 0.15) is 5.75 Å². The van der Waals surface area contributed by atoms with E-state index in [9.17, 15) is 14.7 Å². The molecule has 0 spiro atoms. The van der Waals surface area contributed by atoms with E-state index >= 15 is 0 Å². The average molecular weight is 320 g/mol. The van der Waals surface area contributed by atoms with E-state index in [0.29, 0.717) is 25.9 Å². The van der Waals surface area contributed by atoms with E-state index in [0.717, 1.165) is 11.3 Å². The first-order valence-corrected chi connectivity index (χ1v) is 7.82. The zero-order chi connectivity index (χ0) is 16.8. The number of hydrogen-bond acceptors (Lipinski definition) is 4. The third-order valence-electron chi connectivity index (χ3n) is 4.18. The van der Waals surface area contributed by atoms with E-state index in [4.69, 9.17) is 4.74 Å². The Morgan fingerprint density at radius 2 is 2.17 bits per heavy atom. The normalized spacial score (nSPS) is 20.4. The smallest absolute Gasteiger partial charge is 0.222 e. The van der Waals surface area contributed by atoms with Crippen LogP contribution in [0.4, 0.5) is 0 Å². The van der Waals surface area contributed by atoms with Crippen molar-refractivity contribution in [2.75, 3.05) is 26.8 Å². The number of amides is 2. The molecule has 2 rings (SSSR count). The number of aryl methyl sites for hydroxylation is 1. The highest BCUT2D eigenvalue weighted by Gasteiger charge is 2.34. The number of ether oxygens (including phenoxy) is 1. The molecule has 0 aromatic heterocycles. The third kappa shape index (κ3) is 4.69. The van der Waals surface area contributed by atoms with Gasteiger partial charge in [0, 0.05) is 39.0 Å². The lowest BCUT2D eigenvalue weighted by Crippen LogP contribution is -2.40. The molecule has 0 bridgehead atoms. The molecule has 6 nitrogen and oxygen atoms in total. The third-order valence-corrected chi connectivity index (χ3v) is 4.18. The minimum atomic E-state index is -0.168. The van der Waals surface area contributed by atoms with Crippen molar-refractivity contribution < 1.29 is 19.4 Å².